The van der Waals surface area contributed by atoms with Gasteiger partial charge in [0.25, 0.3) is 0 Å². The predicted molar refractivity (Wildman–Crippen MR) is 158 cm³/mol. The Hall–Kier alpha value is -1.01. The number of rotatable bonds is 7. The molecule has 1 aliphatic carbocycles. The molecular weight excluding hydrogens is 482 g/mol. The second-order valence-electron chi connectivity index (χ2n) is 12.7. The van der Waals surface area contributed by atoms with Gasteiger partial charge in [-0.3, -0.25) is 4.90 Å². The van der Waals surface area contributed by atoms with Gasteiger partial charge in [0.15, 0.2) is 0 Å². The van der Waals surface area contributed by atoms with E-state index in [4.69, 9.17) is 9.47 Å². The fraction of sp³-hybridized carbons (Fsp3) is 0.806. The number of benzene rings is 1. The lowest BCUT2D eigenvalue weighted by atomic mass is 9.71. The number of hydrogen-bond acceptors (Lipinski definition) is 5. The quantitative estimate of drug-likeness (QED) is 0.407. The Morgan fingerprint density at radius 3 is 2.19 bits per heavy atom. The molecule has 0 bridgehead atoms. The summed E-state index contributed by atoms with van der Waals surface area (Å²) in [5.74, 6) is 1.53. The van der Waals surface area contributed by atoms with Crippen molar-refractivity contribution in [1.82, 2.24) is 4.90 Å². The summed E-state index contributed by atoms with van der Waals surface area (Å²) >= 11 is 0. The Bertz CT molecular complexity index is 818. The van der Waals surface area contributed by atoms with Crippen molar-refractivity contribution in [2.24, 2.45) is 11.3 Å². The molecule has 5 rings (SSSR count). The summed E-state index contributed by atoms with van der Waals surface area (Å²) in [4.78, 5) is 8.04. The summed E-state index contributed by atoms with van der Waals surface area (Å²) in [6, 6.07) is 7.49. The maximum absolute atomic E-state index is 5.92. The Kier molecular flexibility index (Phi) is 10.5. The number of anilines is 2. The standard InChI is InChI=1S/C31H51N3O2.ClH/c1-4-36-28-9-15-33(16-10-28)27-5-6-30(29(23-27)26-7-13-31(2,3)14-8-26)34-19-17-32(18-20-34)24-25-11-21-35-22-12-25;/h5-6,23,25-26,28H,4,7-22,24H2,1-3H3;1H. The summed E-state index contributed by atoms with van der Waals surface area (Å²) in [5, 5.41) is 0. The van der Waals surface area contributed by atoms with Crippen LogP contribution in [0.1, 0.15) is 83.6 Å². The number of hydrogen-bond donors (Lipinski definition) is 0. The van der Waals surface area contributed by atoms with Crippen molar-refractivity contribution in [1.29, 1.82) is 0 Å². The summed E-state index contributed by atoms with van der Waals surface area (Å²) in [6.45, 7) is 18.0. The molecule has 1 saturated carbocycles. The van der Waals surface area contributed by atoms with Crippen molar-refractivity contribution >= 4 is 23.8 Å². The fourth-order valence-corrected chi connectivity index (χ4v) is 7.05. The molecule has 0 spiro atoms. The topological polar surface area (TPSA) is 28.2 Å². The van der Waals surface area contributed by atoms with E-state index in [1.54, 1.807) is 5.56 Å². The third kappa shape index (κ3) is 7.56. The third-order valence-electron chi connectivity index (χ3n) is 9.57. The van der Waals surface area contributed by atoms with E-state index >= 15 is 0 Å². The number of nitrogens with zero attached hydrogens (tertiary/aromatic N) is 3. The normalized spacial score (nSPS) is 24.7. The van der Waals surface area contributed by atoms with Gasteiger partial charge in [0, 0.05) is 77.0 Å². The molecule has 6 heteroatoms. The van der Waals surface area contributed by atoms with E-state index in [-0.39, 0.29) is 12.4 Å². The van der Waals surface area contributed by atoms with Crippen LogP contribution in [0.2, 0.25) is 0 Å². The Labute approximate surface area is 232 Å². The summed E-state index contributed by atoms with van der Waals surface area (Å²) in [7, 11) is 0. The lowest BCUT2D eigenvalue weighted by molar-refractivity contribution is 0.0459. The molecule has 4 fully saturated rings. The molecule has 0 unspecified atom stereocenters. The highest BCUT2D eigenvalue weighted by Crippen LogP contribution is 2.46. The zero-order valence-electron chi connectivity index (χ0n) is 23.8. The molecule has 4 aliphatic rings. The van der Waals surface area contributed by atoms with Crippen LogP contribution in [0.4, 0.5) is 11.4 Å². The average molecular weight is 534 g/mol. The van der Waals surface area contributed by atoms with Crippen LogP contribution in [0.15, 0.2) is 18.2 Å². The molecule has 5 nitrogen and oxygen atoms in total. The monoisotopic (exact) mass is 533 g/mol. The van der Waals surface area contributed by atoms with Crippen molar-refractivity contribution in [3.8, 4) is 0 Å². The molecule has 0 radical (unpaired) electrons. The van der Waals surface area contributed by atoms with Crippen LogP contribution in [0.5, 0.6) is 0 Å². The van der Waals surface area contributed by atoms with Gasteiger partial charge in [-0.25, -0.2) is 0 Å². The number of halogens is 1. The van der Waals surface area contributed by atoms with E-state index in [0.29, 0.717) is 17.4 Å². The molecule has 1 aromatic carbocycles. The molecule has 0 amide bonds. The van der Waals surface area contributed by atoms with E-state index in [2.05, 4.69) is 53.7 Å². The van der Waals surface area contributed by atoms with Crippen LogP contribution in [-0.4, -0.2) is 76.6 Å². The molecule has 0 atom stereocenters. The lowest BCUT2D eigenvalue weighted by Gasteiger charge is -2.41. The summed E-state index contributed by atoms with van der Waals surface area (Å²) in [6.07, 6.45) is 10.6. The van der Waals surface area contributed by atoms with Gasteiger partial charge in [-0.05, 0) is 99.3 Å². The molecule has 1 aromatic rings. The molecule has 3 saturated heterocycles. The molecular formula is C31H52ClN3O2. The van der Waals surface area contributed by atoms with Gasteiger partial charge in [0.1, 0.15) is 0 Å². The maximum Gasteiger partial charge on any atom is 0.0608 e. The minimum Gasteiger partial charge on any atom is -0.381 e. The lowest BCUT2D eigenvalue weighted by Crippen LogP contribution is -2.48. The Morgan fingerprint density at radius 1 is 0.865 bits per heavy atom. The highest BCUT2D eigenvalue weighted by atomic mass is 35.5. The second-order valence-corrected chi connectivity index (χ2v) is 12.7. The first-order valence-corrected chi connectivity index (χ1v) is 15.1. The van der Waals surface area contributed by atoms with Crippen LogP contribution in [0.25, 0.3) is 0 Å². The first-order valence-electron chi connectivity index (χ1n) is 15.1. The number of piperazine rings is 1. The van der Waals surface area contributed by atoms with Crippen LogP contribution in [-0.2, 0) is 9.47 Å². The van der Waals surface area contributed by atoms with Gasteiger partial charge in [0.05, 0.1) is 6.10 Å². The zero-order chi connectivity index (χ0) is 25.0. The van der Waals surface area contributed by atoms with Gasteiger partial charge in [-0.2, -0.15) is 0 Å². The zero-order valence-corrected chi connectivity index (χ0v) is 24.6. The van der Waals surface area contributed by atoms with Gasteiger partial charge >= 0.3 is 0 Å². The van der Waals surface area contributed by atoms with Crippen molar-refractivity contribution in [3.05, 3.63) is 23.8 Å². The maximum atomic E-state index is 5.92. The third-order valence-corrected chi connectivity index (χ3v) is 9.57. The van der Waals surface area contributed by atoms with E-state index in [1.807, 2.05) is 0 Å². The van der Waals surface area contributed by atoms with Gasteiger partial charge in [-0.1, -0.05) is 13.8 Å². The first kappa shape index (κ1) is 29.0. The number of piperidine rings is 1. The molecule has 210 valence electrons. The minimum absolute atomic E-state index is 0. The van der Waals surface area contributed by atoms with E-state index in [9.17, 15) is 0 Å². The van der Waals surface area contributed by atoms with Crippen molar-refractivity contribution < 1.29 is 9.47 Å². The summed E-state index contributed by atoms with van der Waals surface area (Å²) in [5.41, 5.74) is 5.10. The SMILES string of the molecule is CCOC1CCN(c2ccc(N3CCN(CC4CCOCC4)CC3)c(C3CCC(C)(C)CC3)c2)CC1.Cl. The van der Waals surface area contributed by atoms with Gasteiger partial charge in [-0.15, -0.1) is 12.4 Å². The minimum atomic E-state index is 0. The molecule has 3 aliphatic heterocycles. The first-order chi connectivity index (χ1) is 17.5. The largest absolute Gasteiger partial charge is 0.381 e. The van der Waals surface area contributed by atoms with Crippen LogP contribution >= 0.6 is 12.4 Å². The van der Waals surface area contributed by atoms with E-state index in [0.717, 1.165) is 64.8 Å². The highest BCUT2D eigenvalue weighted by molar-refractivity contribution is 5.85. The Morgan fingerprint density at radius 2 is 1.54 bits per heavy atom. The number of ether oxygens (including phenoxy) is 2. The molecule has 0 aromatic heterocycles. The van der Waals surface area contributed by atoms with Crippen LogP contribution < -0.4 is 9.80 Å². The fourth-order valence-electron chi connectivity index (χ4n) is 7.05. The highest BCUT2D eigenvalue weighted by Gasteiger charge is 2.31. The van der Waals surface area contributed by atoms with Crippen LogP contribution in [0.3, 0.4) is 0 Å². The second kappa shape index (κ2) is 13.4. The molecule has 37 heavy (non-hydrogen) atoms. The van der Waals surface area contributed by atoms with Crippen molar-refractivity contribution in [2.45, 2.75) is 84.2 Å². The summed E-state index contributed by atoms with van der Waals surface area (Å²) < 4.78 is 11.5. The predicted octanol–water partition coefficient (Wildman–Crippen LogP) is 6.35. The Balaban J connectivity index is 0.00000320. The van der Waals surface area contributed by atoms with Gasteiger partial charge < -0.3 is 19.3 Å². The van der Waals surface area contributed by atoms with Gasteiger partial charge in [0.2, 0.25) is 0 Å². The molecule has 0 N–H and O–H groups in total. The molecule has 3 heterocycles. The van der Waals surface area contributed by atoms with Crippen molar-refractivity contribution in [2.75, 3.05) is 75.4 Å². The smallest absolute Gasteiger partial charge is 0.0608 e. The van der Waals surface area contributed by atoms with E-state index < -0.39 is 0 Å². The van der Waals surface area contributed by atoms with Crippen LogP contribution in [0, 0.1) is 11.3 Å². The van der Waals surface area contributed by atoms with Crippen molar-refractivity contribution in [3.63, 3.8) is 0 Å². The average Bonchev–Trinajstić information content (AvgIpc) is 2.90. The van der Waals surface area contributed by atoms with E-state index in [1.165, 1.54) is 69.5 Å².